The van der Waals surface area contributed by atoms with Crippen molar-refractivity contribution in [3.8, 4) is 0 Å². The van der Waals surface area contributed by atoms with E-state index >= 15 is 0 Å². The number of hydrogen-bond acceptors (Lipinski definition) is 2. The highest BCUT2D eigenvalue weighted by atomic mass is 79.9. The number of rotatable bonds is 4. The van der Waals surface area contributed by atoms with E-state index in [2.05, 4.69) is 64.3 Å². The van der Waals surface area contributed by atoms with Crippen LogP contribution >= 0.6 is 15.9 Å². The second-order valence-corrected chi connectivity index (χ2v) is 6.37. The molecule has 0 aromatic heterocycles. The van der Waals surface area contributed by atoms with E-state index in [-0.39, 0.29) is 0 Å². The van der Waals surface area contributed by atoms with Crippen molar-refractivity contribution in [3.05, 3.63) is 34.3 Å². The lowest BCUT2D eigenvalue weighted by Crippen LogP contribution is -2.45. The maximum absolute atomic E-state index is 3.51. The molecule has 18 heavy (non-hydrogen) atoms. The second-order valence-electron chi connectivity index (χ2n) is 5.45. The number of piperazine rings is 1. The van der Waals surface area contributed by atoms with Crippen molar-refractivity contribution < 1.29 is 0 Å². The van der Waals surface area contributed by atoms with E-state index in [1.807, 2.05) is 0 Å². The maximum Gasteiger partial charge on any atom is 0.0175 e. The van der Waals surface area contributed by atoms with Crippen molar-refractivity contribution in [3.63, 3.8) is 0 Å². The first kappa shape index (κ1) is 14.0. The number of halogens is 1. The van der Waals surface area contributed by atoms with Crippen LogP contribution < -0.4 is 5.32 Å². The van der Waals surface area contributed by atoms with Crippen LogP contribution in [-0.2, 0) is 0 Å². The fourth-order valence-corrected chi connectivity index (χ4v) is 2.85. The Labute approximate surface area is 119 Å². The first-order valence-corrected chi connectivity index (χ1v) is 7.64. The molecule has 0 bridgehead atoms. The summed E-state index contributed by atoms with van der Waals surface area (Å²) in [6.07, 6.45) is 0. The lowest BCUT2D eigenvalue weighted by atomic mass is 9.88. The second kappa shape index (κ2) is 6.69. The predicted molar refractivity (Wildman–Crippen MR) is 81.0 cm³/mol. The summed E-state index contributed by atoms with van der Waals surface area (Å²) < 4.78 is 1.16. The molecule has 3 heteroatoms. The van der Waals surface area contributed by atoms with Crippen LogP contribution in [0.25, 0.3) is 0 Å². The minimum Gasteiger partial charge on any atom is -0.314 e. The molecule has 1 aromatic carbocycles. The van der Waals surface area contributed by atoms with Crippen molar-refractivity contribution in [1.82, 2.24) is 10.2 Å². The fraction of sp³-hybridized carbons (Fsp3) is 0.600. The standard InChI is InChI=1S/C15H23BrN2/c1-12(2)15(11-18-9-7-17-8-10-18)13-3-5-14(16)6-4-13/h3-6,12,15,17H,7-11H2,1-2H3. The first-order chi connectivity index (χ1) is 8.66. The van der Waals surface area contributed by atoms with E-state index in [1.54, 1.807) is 0 Å². The molecule has 0 aliphatic carbocycles. The topological polar surface area (TPSA) is 15.3 Å². The van der Waals surface area contributed by atoms with Crippen molar-refractivity contribution in [2.24, 2.45) is 5.92 Å². The number of nitrogens with zero attached hydrogens (tertiary/aromatic N) is 1. The Morgan fingerprint density at radius 1 is 1.17 bits per heavy atom. The summed E-state index contributed by atoms with van der Waals surface area (Å²) in [5.74, 6) is 1.32. The summed E-state index contributed by atoms with van der Waals surface area (Å²) in [7, 11) is 0. The zero-order chi connectivity index (χ0) is 13.0. The average Bonchev–Trinajstić information content (AvgIpc) is 2.38. The quantitative estimate of drug-likeness (QED) is 0.919. The molecule has 0 radical (unpaired) electrons. The van der Waals surface area contributed by atoms with Gasteiger partial charge in [0.2, 0.25) is 0 Å². The van der Waals surface area contributed by atoms with Gasteiger partial charge in [-0.3, -0.25) is 0 Å². The van der Waals surface area contributed by atoms with Gasteiger partial charge in [-0.1, -0.05) is 41.9 Å². The summed E-state index contributed by atoms with van der Waals surface area (Å²) >= 11 is 3.51. The molecule has 1 heterocycles. The highest BCUT2D eigenvalue weighted by Crippen LogP contribution is 2.26. The summed E-state index contributed by atoms with van der Waals surface area (Å²) in [6.45, 7) is 10.5. The molecule has 1 aliphatic rings. The molecule has 2 rings (SSSR count). The van der Waals surface area contributed by atoms with E-state index in [1.165, 1.54) is 25.2 Å². The molecular weight excluding hydrogens is 288 g/mol. The molecule has 1 aromatic rings. The smallest absolute Gasteiger partial charge is 0.0175 e. The van der Waals surface area contributed by atoms with Crippen LogP contribution in [0.5, 0.6) is 0 Å². The van der Waals surface area contributed by atoms with Crippen LogP contribution in [0.15, 0.2) is 28.7 Å². The Hall–Kier alpha value is -0.380. The van der Waals surface area contributed by atoms with Crippen LogP contribution in [0.4, 0.5) is 0 Å². The van der Waals surface area contributed by atoms with Crippen LogP contribution in [-0.4, -0.2) is 37.6 Å². The summed E-state index contributed by atoms with van der Waals surface area (Å²) in [5, 5.41) is 3.42. The SMILES string of the molecule is CC(C)C(CN1CCNCC1)c1ccc(Br)cc1. The summed E-state index contributed by atoms with van der Waals surface area (Å²) in [4.78, 5) is 2.59. The molecule has 1 saturated heterocycles. The normalized spacial score (nSPS) is 19.1. The van der Waals surface area contributed by atoms with E-state index in [4.69, 9.17) is 0 Å². The molecule has 1 fully saturated rings. The third-order valence-corrected chi connectivity index (χ3v) is 4.30. The van der Waals surface area contributed by atoms with Crippen LogP contribution in [0.1, 0.15) is 25.3 Å². The van der Waals surface area contributed by atoms with Gasteiger partial charge >= 0.3 is 0 Å². The molecule has 0 amide bonds. The van der Waals surface area contributed by atoms with Gasteiger partial charge in [0.15, 0.2) is 0 Å². The van der Waals surface area contributed by atoms with Gasteiger partial charge in [0, 0.05) is 37.2 Å². The Morgan fingerprint density at radius 3 is 2.33 bits per heavy atom. The van der Waals surface area contributed by atoms with E-state index in [0.717, 1.165) is 17.6 Å². The first-order valence-electron chi connectivity index (χ1n) is 6.85. The number of hydrogen-bond donors (Lipinski definition) is 1. The predicted octanol–water partition coefficient (Wildman–Crippen LogP) is 3.09. The largest absolute Gasteiger partial charge is 0.314 e. The Morgan fingerprint density at radius 2 is 1.78 bits per heavy atom. The summed E-state index contributed by atoms with van der Waals surface area (Å²) in [6, 6.07) is 8.83. The third-order valence-electron chi connectivity index (χ3n) is 3.77. The highest BCUT2D eigenvalue weighted by molar-refractivity contribution is 9.10. The van der Waals surface area contributed by atoms with Crippen LogP contribution in [0.2, 0.25) is 0 Å². The van der Waals surface area contributed by atoms with E-state index < -0.39 is 0 Å². The van der Waals surface area contributed by atoms with Gasteiger partial charge in [0.05, 0.1) is 0 Å². The molecule has 1 N–H and O–H groups in total. The molecule has 2 nitrogen and oxygen atoms in total. The Kier molecular flexibility index (Phi) is 5.22. The van der Waals surface area contributed by atoms with Crippen molar-refractivity contribution in [2.75, 3.05) is 32.7 Å². The van der Waals surface area contributed by atoms with Crippen molar-refractivity contribution in [2.45, 2.75) is 19.8 Å². The van der Waals surface area contributed by atoms with Crippen molar-refractivity contribution in [1.29, 1.82) is 0 Å². The molecule has 0 saturated carbocycles. The van der Waals surface area contributed by atoms with E-state index in [9.17, 15) is 0 Å². The molecule has 0 spiro atoms. The lowest BCUT2D eigenvalue weighted by Gasteiger charge is -2.32. The minimum absolute atomic E-state index is 0.635. The van der Waals surface area contributed by atoms with Crippen LogP contribution in [0.3, 0.4) is 0 Å². The maximum atomic E-state index is 3.51. The van der Waals surface area contributed by atoms with Crippen molar-refractivity contribution >= 4 is 15.9 Å². The monoisotopic (exact) mass is 310 g/mol. The zero-order valence-corrected chi connectivity index (χ0v) is 12.9. The third kappa shape index (κ3) is 3.81. The van der Waals surface area contributed by atoms with Gasteiger partial charge < -0.3 is 10.2 Å². The highest BCUT2D eigenvalue weighted by Gasteiger charge is 2.20. The van der Waals surface area contributed by atoms with Gasteiger partial charge in [-0.2, -0.15) is 0 Å². The van der Waals surface area contributed by atoms with Gasteiger partial charge in [0.25, 0.3) is 0 Å². The average molecular weight is 311 g/mol. The van der Waals surface area contributed by atoms with Gasteiger partial charge in [0.1, 0.15) is 0 Å². The number of nitrogens with one attached hydrogen (secondary N) is 1. The van der Waals surface area contributed by atoms with Gasteiger partial charge in [-0.05, 0) is 29.5 Å². The molecule has 1 atom stereocenters. The Bertz CT molecular complexity index is 355. The number of benzene rings is 1. The zero-order valence-electron chi connectivity index (χ0n) is 11.3. The fourth-order valence-electron chi connectivity index (χ4n) is 2.58. The Balaban J connectivity index is 2.05. The lowest BCUT2D eigenvalue weighted by molar-refractivity contribution is 0.212. The van der Waals surface area contributed by atoms with Gasteiger partial charge in [-0.25, -0.2) is 0 Å². The molecule has 1 unspecified atom stereocenters. The van der Waals surface area contributed by atoms with E-state index in [0.29, 0.717) is 11.8 Å². The molecule has 1 aliphatic heterocycles. The van der Waals surface area contributed by atoms with Gasteiger partial charge in [-0.15, -0.1) is 0 Å². The molecular formula is C15H23BrN2. The summed E-state index contributed by atoms with van der Waals surface area (Å²) in [5.41, 5.74) is 1.46. The minimum atomic E-state index is 0.635. The van der Waals surface area contributed by atoms with Crippen LogP contribution in [0, 0.1) is 5.92 Å². The molecule has 100 valence electrons.